The number of carbonyl (C=O) groups excluding carboxylic acids is 1. The van der Waals surface area contributed by atoms with Crippen molar-refractivity contribution in [3.63, 3.8) is 0 Å². The lowest BCUT2D eigenvalue weighted by molar-refractivity contribution is 0.0933. The SMILES string of the molecule is CSC1CCC(NC(=O)c2nc(N)ccc2Cl)C1. The van der Waals surface area contributed by atoms with Gasteiger partial charge in [-0.2, -0.15) is 11.8 Å². The first-order valence-corrected chi connectivity index (χ1v) is 7.52. The van der Waals surface area contributed by atoms with E-state index in [4.69, 9.17) is 17.3 Å². The molecule has 98 valence electrons. The van der Waals surface area contributed by atoms with E-state index in [0.29, 0.717) is 16.1 Å². The Morgan fingerprint density at radius 3 is 3.00 bits per heavy atom. The van der Waals surface area contributed by atoms with Crippen LogP contribution in [0.3, 0.4) is 0 Å². The maximum Gasteiger partial charge on any atom is 0.271 e. The molecule has 1 heterocycles. The molecule has 2 rings (SSSR count). The van der Waals surface area contributed by atoms with E-state index in [1.54, 1.807) is 12.1 Å². The summed E-state index contributed by atoms with van der Waals surface area (Å²) in [5, 5.41) is 3.95. The number of nitrogen functional groups attached to an aromatic ring is 1. The van der Waals surface area contributed by atoms with E-state index >= 15 is 0 Å². The van der Waals surface area contributed by atoms with Gasteiger partial charge in [0.25, 0.3) is 5.91 Å². The van der Waals surface area contributed by atoms with E-state index in [0.717, 1.165) is 19.3 Å². The summed E-state index contributed by atoms with van der Waals surface area (Å²) in [6.45, 7) is 0. The second kappa shape index (κ2) is 5.80. The van der Waals surface area contributed by atoms with Gasteiger partial charge in [-0.1, -0.05) is 11.6 Å². The number of hydrogen-bond acceptors (Lipinski definition) is 4. The van der Waals surface area contributed by atoms with Gasteiger partial charge in [-0.25, -0.2) is 4.98 Å². The summed E-state index contributed by atoms with van der Waals surface area (Å²) in [5.41, 5.74) is 5.78. The molecule has 0 bridgehead atoms. The van der Waals surface area contributed by atoms with Gasteiger partial charge in [0.2, 0.25) is 0 Å². The number of rotatable bonds is 3. The van der Waals surface area contributed by atoms with E-state index in [2.05, 4.69) is 16.6 Å². The average molecular weight is 286 g/mol. The number of carbonyl (C=O) groups is 1. The Balaban J connectivity index is 2.02. The minimum absolute atomic E-state index is 0.212. The van der Waals surface area contributed by atoms with Crippen molar-refractivity contribution in [2.24, 2.45) is 0 Å². The predicted octanol–water partition coefficient (Wildman–Crippen LogP) is 2.33. The largest absolute Gasteiger partial charge is 0.384 e. The Labute approximate surface area is 116 Å². The molecule has 6 heteroatoms. The molecule has 1 aromatic heterocycles. The zero-order valence-electron chi connectivity index (χ0n) is 10.1. The minimum atomic E-state index is -0.237. The highest BCUT2D eigenvalue weighted by molar-refractivity contribution is 7.99. The lowest BCUT2D eigenvalue weighted by Crippen LogP contribution is -2.34. The summed E-state index contributed by atoms with van der Waals surface area (Å²) in [6.07, 6.45) is 5.26. The number of thioether (sulfide) groups is 1. The molecule has 3 N–H and O–H groups in total. The maximum absolute atomic E-state index is 12.0. The number of hydrogen-bond donors (Lipinski definition) is 2. The minimum Gasteiger partial charge on any atom is -0.384 e. The van der Waals surface area contributed by atoms with Crippen LogP contribution in [0.15, 0.2) is 12.1 Å². The van der Waals surface area contributed by atoms with E-state index in [1.807, 2.05) is 11.8 Å². The molecule has 1 aliphatic rings. The molecule has 0 radical (unpaired) electrons. The molecule has 18 heavy (non-hydrogen) atoms. The third kappa shape index (κ3) is 3.09. The van der Waals surface area contributed by atoms with E-state index in [9.17, 15) is 4.79 Å². The third-order valence-electron chi connectivity index (χ3n) is 3.14. The van der Waals surface area contributed by atoms with Gasteiger partial charge in [0.1, 0.15) is 11.5 Å². The Morgan fingerprint density at radius 1 is 1.56 bits per heavy atom. The molecule has 0 aliphatic heterocycles. The second-order valence-electron chi connectivity index (χ2n) is 4.41. The molecule has 1 aliphatic carbocycles. The first kappa shape index (κ1) is 13.5. The number of nitrogens with one attached hydrogen (secondary N) is 1. The zero-order valence-corrected chi connectivity index (χ0v) is 11.7. The average Bonchev–Trinajstić information content (AvgIpc) is 2.80. The molecule has 0 aromatic carbocycles. The van der Waals surface area contributed by atoms with Crippen molar-refractivity contribution >= 4 is 35.1 Å². The molecule has 0 saturated heterocycles. The monoisotopic (exact) mass is 285 g/mol. The van der Waals surface area contributed by atoms with Crippen LogP contribution in [0, 0.1) is 0 Å². The molecule has 0 spiro atoms. The van der Waals surface area contributed by atoms with Gasteiger partial charge in [-0.3, -0.25) is 4.79 Å². The van der Waals surface area contributed by atoms with Gasteiger partial charge in [-0.15, -0.1) is 0 Å². The number of amides is 1. The molecule has 1 fully saturated rings. The summed E-state index contributed by atoms with van der Waals surface area (Å²) in [7, 11) is 0. The topological polar surface area (TPSA) is 68.0 Å². The zero-order chi connectivity index (χ0) is 13.1. The summed E-state index contributed by atoms with van der Waals surface area (Å²) in [5.74, 6) is 0.0667. The number of pyridine rings is 1. The summed E-state index contributed by atoms with van der Waals surface area (Å²) in [6, 6.07) is 3.39. The van der Waals surface area contributed by atoms with Crippen LogP contribution < -0.4 is 11.1 Å². The predicted molar refractivity (Wildman–Crippen MR) is 76.1 cm³/mol. The quantitative estimate of drug-likeness (QED) is 0.894. The molecular formula is C12H16ClN3OS. The fraction of sp³-hybridized carbons (Fsp3) is 0.500. The van der Waals surface area contributed by atoms with E-state index in [-0.39, 0.29) is 17.6 Å². The molecule has 1 saturated carbocycles. The highest BCUT2D eigenvalue weighted by Crippen LogP contribution is 2.28. The van der Waals surface area contributed by atoms with Crippen molar-refractivity contribution in [2.45, 2.75) is 30.6 Å². The van der Waals surface area contributed by atoms with E-state index < -0.39 is 0 Å². The highest BCUT2D eigenvalue weighted by Gasteiger charge is 2.26. The Hall–Kier alpha value is -0.940. The fourth-order valence-electron chi connectivity index (χ4n) is 2.16. The van der Waals surface area contributed by atoms with Gasteiger partial charge in [-0.05, 0) is 37.7 Å². The van der Waals surface area contributed by atoms with Crippen molar-refractivity contribution in [2.75, 3.05) is 12.0 Å². The molecular weight excluding hydrogens is 270 g/mol. The highest BCUT2D eigenvalue weighted by atomic mass is 35.5. The number of halogens is 1. The van der Waals surface area contributed by atoms with Crippen LogP contribution in [0.25, 0.3) is 0 Å². The van der Waals surface area contributed by atoms with Crippen molar-refractivity contribution in [3.8, 4) is 0 Å². The van der Waals surface area contributed by atoms with Gasteiger partial charge in [0, 0.05) is 11.3 Å². The van der Waals surface area contributed by atoms with Crippen molar-refractivity contribution in [1.82, 2.24) is 10.3 Å². The summed E-state index contributed by atoms with van der Waals surface area (Å²) >= 11 is 7.80. The Morgan fingerprint density at radius 2 is 2.33 bits per heavy atom. The third-order valence-corrected chi connectivity index (χ3v) is 4.54. The van der Waals surface area contributed by atoms with Gasteiger partial charge in [0.15, 0.2) is 0 Å². The Kier molecular flexibility index (Phi) is 4.35. The Bertz CT molecular complexity index is 455. The lowest BCUT2D eigenvalue weighted by Gasteiger charge is -2.13. The van der Waals surface area contributed by atoms with Crippen LogP contribution in [0.2, 0.25) is 5.02 Å². The number of anilines is 1. The first-order chi connectivity index (χ1) is 8.60. The van der Waals surface area contributed by atoms with Gasteiger partial charge < -0.3 is 11.1 Å². The maximum atomic E-state index is 12.0. The van der Waals surface area contributed by atoms with Crippen LogP contribution in [0.4, 0.5) is 5.82 Å². The second-order valence-corrected chi connectivity index (χ2v) is 5.95. The van der Waals surface area contributed by atoms with Crippen LogP contribution in [-0.2, 0) is 0 Å². The number of nitrogens with two attached hydrogens (primary N) is 1. The van der Waals surface area contributed by atoms with E-state index in [1.165, 1.54) is 0 Å². The molecule has 1 aromatic rings. The summed E-state index contributed by atoms with van der Waals surface area (Å²) in [4.78, 5) is 16.0. The fourth-order valence-corrected chi connectivity index (χ4v) is 3.14. The van der Waals surface area contributed by atoms with Crippen LogP contribution in [0.5, 0.6) is 0 Å². The lowest BCUT2D eigenvalue weighted by atomic mass is 10.2. The standard InChI is InChI=1S/C12H16ClN3OS/c1-18-8-3-2-7(6-8)15-12(17)11-9(13)4-5-10(14)16-11/h4-5,7-8H,2-3,6H2,1H3,(H2,14,16)(H,15,17). The van der Waals surface area contributed by atoms with Crippen molar-refractivity contribution in [1.29, 1.82) is 0 Å². The van der Waals surface area contributed by atoms with Crippen molar-refractivity contribution in [3.05, 3.63) is 22.8 Å². The first-order valence-electron chi connectivity index (χ1n) is 5.86. The van der Waals surface area contributed by atoms with Crippen molar-refractivity contribution < 1.29 is 4.79 Å². The molecule has 1 amide bonds. The van der Waals surface area contributed by atoms with Gasteiger partial charge >= 0.3 is 0 Å². The van der Waals surface area contributed by atoms with Crippen LogP contribution in [-0.4, -0.2) is 28.4 Å². The van der Waals surface area contributed by atoms with Crippen LogP contribution in [0.1, 0.15) is 29.8 Å². The van der Waals surface area contributed by atoms with Crippen LogP contribution >= 0.6 is 23.4 Å². The summed E-state index contributed by atoms with van der Waals surface area (Å²) < 4.78 is 0. The number of nitrogens with zero attached hydrogens (tertiary/aromatic N) is 1. The molecule has 2 atom stereocenters. The molecule has 2 unspecified atom stereocenters. The van der Waals surface area contributed by atoms with Gasteiger partial charge in [0.05, 0.1) is 5.02 Å². The smallest absolute Gasteiger partial charge is 0.271 e. The normalized spacial score (nSPS) is 23.0. The molecule has 4 nitrogen and oxygen atoms in total. The number of aromatic nitrogens is 1.